The molecule has 1 aromatic heterocycles. The first-order valence-electron chi connectivity index (χ1n) is 8.41. The standard InChI is InChI=1S/C21H20O6/c1-12-17-11-16(26-13(2)20(22)25-4)9-10-18(17)27-21(23)19(12)14-5-7-15(24-3)8-6-14/h5-11,13H,1-4H3/t13-/m0/s1. The molecule has 1 heterocycles. The van der Waals surface area contributed by atoms with Gasteiger partial charge in [-0.25, -0.2) is 9.59 Å². The largest absolute Gasteiger partial charge is 0.497 e. The molecule has 140 valence electrons. The van der Waals surface area contributed by atoms with Gasteiger partial charge >= 0.3 is 11.6 Å². The summed E-state index contributed by atoms with van der Waals surface area (Å²) in [4.78, 5) is 24.1. The van der Waals surface area contributed by atoms with E-state index in [1.54, 1.807) is 44.4 Å². The van der Waals surface area contributed by atoms with Crippen molar-refractivity contribution < 1.29 is 23.4 Å². The molecule has 0 spiro atoms. The Balaban J connectivity index is 2.07. The number of carbonyl (C=O) groups is 1. The van der Waals surface area contributed by atoms with E-state index in [4.69, 9.17) is 13.9 Å². The summed E-state index contributed by atoms with van der Waals surface area (Å²) in [5.41, 5.74) is 2.01. The molecule has 2 aromatic carbocycles. The fourth-order valence-corrected chi connectivity index (χ4v) is 2.91. The van der Waals surface area contributed by atoms with E-state index in [0.29, 0.717) is 22.6 Å². The third-order valence-corrected chi connectivity index (χ3v) is 4.36. The predicted molar refractivity (Wildman–Crippen MR) is 101 cm³/mol. The number of esters is 1. The molecule has 0 saturated heterocycles. The number of aryl methyl sites for hydroxylation is 1. The second-order valence-corrected chi connectivity index (χ2v) is 6.06. The van der Waals surface area contributed by atoms with Gasteiger partial charge in [0.1, 0.15) is 17.1 Å². The molecule has 0 saturated carbocycles. The van der Waals surface area contributed by atoms with Crippen LogP contribution in [-0.4, -0.2) is 26.3 Å². The van der Waals surface area contributed by atoms with Gasteiger partial charge in [0.05, 0.1) is 19.8 Å². The van der Waals surface area contributed by atoms with Crippen molar-refractivity contribution in [1.82, 2.24) is 0 Å². The first kappa shape index (κ1) is 18.5. The Morgan fingerprint density at radius 2 is 1.70 bits per heavy atom. The normalized spacial score (nSPS) is 11.9. The summed E-state index contributed by atoms with van der Waals surface area (Å²) < 4.78 is 20.9. The van der Waals surface area contributed by atoms with Crippen LogP contribution in [0.3, 0.4) is 0 Å². The molecule has 0 aliphatic heterocycles. The first-order chi connectivity index (χ1) is 12.9. The summed E-state index contributed by atoms with van der Waals surface area (Å²) in [6.45, 7) is 3.46. The Bertz CT molecular complexity index is 1030. The minimum atomic E-state index is -0.746. The average Bonchev–Trinajstić information content (AvgIpc) is 2.68. The van der Waals surface area contributed by atoms with E-state index >= 15 is 0 Å². The van der Waals surface area contributed by atoms with Gasteiger partial charge < -0.3 is 18.6 Å². The van der Waals surface area contributed by atoms with Crippen molar-refractivity contribution >= 4 is 16.9 Å². The molecule has 0 N–H and O–H groups in total. The third-order valence-electron chi connectivity index (χ3n) is 4.36. The van der Waals surface area contributed by atoms with Gasteiger partial charge in [0.2, 0.25) is 0 Å². The summed E-state index contributed by atoms with van der Waals surface area (Å²) in [5, 5.41) is 0.731. The minimum Gasteiger partial charge on any atom is -0.497 e. The number of benzene rings is 2. The molecule has 6 heteroatoms. The van der Waals surface area contributed by atoms with Gasteiger partial charge in [0.25, 0.3) is 0 Å². The Kier molecular flexibility index (Phi) is 5.16. The highest BCUT2D eigenvalue weighted by Gasteiger charge is 2.17. The summed E-state index contributed by atoms with van der Waals surface area (Å²) in [5.74, 6) is 0.720. The number of hydrogen-bond donors (Lipinski definition) is 0. The third kappa shape index (κ3) is 3.65. The van der Waals surface area contributed by atoms with Crippen LogP contribution in [0.2, 0.25) is 0 Å². The molecule has 0 bridgehead atoms. The maximum Gasteiger partial charge on any atom is 0.346 e. The maximum absolute atomic E-state index is 12.5. The van der Waals surface area contributed by atoms with Gasteiger partial charge in [-0.15, -0.1) is 0 Å². The van der Waals surface area contributed by atoms with Crippen LogP contribution in [0.25, 0.3) is 22.1 Å². The number of ether oxygens (including phenoxy) is 3. The Labute approximate surface area is 156 Å². The van der Waals surface area contributed by atoms with E-state index in [9.17, 15) is 9.59 Å². The molecule has 0 aliphatic carbocycles. The van der Waals surface area contributed by atoms with Gasteiger partial charge in [-0.05, 0) is 55.3 Å². The fourth-order valence-electron chi connectivity index (χ4n) is 2.91. The molecule has 6 nitrogen and oxygen atoms in total. The zero-order valence-corrected chi connectivity index (χ0v) is 15.6. The van der Waals surface area contributed by atoms with E-state index in [2.05, 4.69) is 4.74 Å². The van der Waals surface area contributed by atoms with Crippen LogP contribution in [0.5, 0.6) is 11.5 Å². The average molecular weight is 368 g/mol. The van der Waals surface area contributed by atoms with Crippen LogP contribution in [0.15, 0.2) is 51.7 Å². The molecule has 3 aromatic rings. The van der Waals surface area contributed by atoms with Crippen molar-refractivity contribution in [1.29, 1.82) is 0 Å². The van der Waals surface area contributed by atoms with E-state index in [0.717, 1.165) is 16.5 Å². The fraction of sp³-hybridized carbons (Fsp3) is 0.238. The van der Waals surface area contributed by atoms with E-state index in [1.165, 1.54) is 7.11 Å². The van der Waals surface area contributed by atoms with Crippen molar-refractivity contribution in [2.75, 3.05) is 14.2 Å². The van der Waals surface area contributed by atoms with Gasteiger partial charge in [-0.2, -0.15) is 0 Å². The van der Waals surface area contributed by atoms with E-state index in [1.807, 2.05) is 19.1 Å². The number of carbonyl (C=O) groups excluding carboxylic acids is 1. The topological polar surface area (TPSA) is 75.0 Å². The summed E-state index contributed by atoms with van der Waals surface area (Å²) >= 11 is 0. The smallest absolute Gasteiger partial charge is 0.346 e. The second-order valence-electron chi connectivity index (χ2n) is 6.06. The highest BCUT2D eigenvalue weighted by atomic mass is 16.6. The van der Waals surface area contributed by atoms with Crippen LogP contribution < -0.4 is 15.1 Å². The van der Waals surface area contributed by atoms with E-state index < -0.39 is 17.7 Å². The lowest BCUT2D eigenvalue weighted by Gasteiger charge is -2.14. The molecule has 0 radical (unpaired) electrons. The SMILES string of the molecule is COC(=O)[C@H](C)Oc1ccc2oc(=O)c(-c3ccc(OC)cc3)c(C)c2c1. The molecule has 0 amide bonds. The molecule has 3 rings (SSSR count). The lowest BCUT2D eigenvalue weighted by Crippen LogP contribution is -2.24. The molecular weight excluding hydrogens is 348 g/mol. The minimum absolute atomic E-state index is 0.415. The molecular formula is C21H20O6. The van der Waals surface area contributed by atoms with Gasteiger partial charge in [-0.3, -0.25) is 0 Å². The zero-order chi connectivity index (χ0) is 19.6. The number of hydrogen-bond acceptors (Lipinski definition) is 6. The molecule has 0 aliphatic rings. The summed E-state index contributed by atoms with van der Waals surface area (Å²) in [7, 11) is 2.89. The highest BCUT2D eigenvalue weighted by molar-refractivity contribution is 5.87. The molecule has 0 fully saturated rings. The molecule has 0 unspecified atom stereocenters. The summed E-state index contributed by atoms with van der Waals surface area (Å²) in [6, 6.07) is 12.2. The highest BCUT2D eigenvalue weighted by Crippen LogP contribution is 2.30. The lowest BCUT2D eigenvalue weighted by atomic mass is 9.99. The predicted octanol–water partition coefficient (Wildman–Crippen LogP) is 3.72. The Hall–Kier alpha value is -3.28. The summed E-state index contributed by atoms with van der Waals surface area (Å²) in [6.07, 6.45) is -0.746. The van der Waals surface area contributed by atoms with Crippen molar-refractivity contribution in [2.45, 2.75) is 20.0 Å². The van der Waals surface area contributed by atoms with Crippen LogP contribution in [-0.2, 0) is 9.53 Å². The second kappa shape index (κ2) is 7.53. The van der Waals surface area contributed by atoms with Crippen LogP contribution in [0.1, 0.15) is 12.5 Å². The van der Waals surface area contributed by atoms with Crippen LogP contribution >= 0.6 is 0 Å². The first-order valence-corrected chi connectivity index (χ1v) is 8.41. The van der Waals surface area contributed by atoms with Crippen molar-refractivity contribution in [3.63, 3.8) is 0 Å². The number of methoxy groups -OCH3 is 2. The van der Waals surface area contributed by atoms with Gasteiger partial charge in [0, 0.05) is 5.39 Å². The Morgan fingerprint density at radius 1 is 1.04 bits per heavy atom. The van der Waals surface area contributed by atoms with Crippen molar-refractivity contribution in [2.24, 2.45) is 0 Å². The van der Waals surface area contributed by atoms with E-state index in [-0.39, 0.29) is 0 Å². The van der Waals surface area contributed by atoms with Crippen LogP contribution in [0.4, 0.5) is 0 Å². The molecule has 1 atom stereocenters. The maximum atomic E-state index is 12.5. The number of rotatable bonds is 5. The lowest BCUT2D eigenvalue weighted by molar-refractivity contribution is -0.147. The molecule has 27 heavy (non-hydrogen) atoms. The van der Waals surface area contributed by atoms with Crippen LogP contribution in [0, 0.1) is 6.92 Å². The van der Waals surface area contributed by atoms with Crippen molar-refractivity contribution in [3.8, 4) is 22.6 Å². The monoisotopic (exact) mass is 368 g/mol. The van der Waals surface area contributed by atoms with Gasteiger partial charge in [0.15, 0.2) is 6.10 Å². The Morgan fingerprint density at radius 3 is 2.33 bits per heavy atom. The van der Waals surface area contributed by atoms with Crippen molar-refractivity contribution in [3.05, 3.63) is 58.4 Å². The van der Waals surface area contributed by atoms with Gasteiger partial charge in [-0.1, -0.05) is 12.1 Å². The zero-order valence-electron chi connectivity index (χ0n) is 15.6. The number of fused-ring (bicyclic) bond motifs is 1. The quantitative estimate of drug-likeness (QED) is 0.505.